The molecular weight excluding hydrogens is 312 g/mol. The number of anilines is 1. The number of likely N-dealkylation sites (tertiary alicyclic amines) is 1. The average Bonchev–Trinajstić information content (AvgIpc) is 2.92. The topological polar surface area (TPSA) is 58.6 Å². The molecule has 1 aliphatic rings. The molecule has 0 aromatic heterocycles. The maximum absolute atomic E-state index is 12.7. The van der Waals surface area contributed by atoms with Gasteiger partial charge in [-0.3, -0.25) is 4.21 Å². The van der Waals surface area contributed by atoms with Crippen LogP contribution in [0.1, 0.15) is 32.6 Å². The number of benzene rings is 1. The Morgan fingerprint density at radius 3 is 2.65 bits per heavy atom. The van der Waals surface area contributed by atoms with Gasteiger partial charge in [-0.25, -0.2) is 4.79 Å². The van der Waals surface area contributed by atoms with Gasteiger partial charge in [0.25, 0.3) is 0 Å². The van der Waals surface area contributed by atoms with Crippen molar-refractivity contribution < 1.29 is 13.7 Å². The Labute approximate surface area is 140 Å². The zero-order valence-electron chi connectivity index (χ0n) is 14.1. The second-order valence-corrected chi connectivity index (χ2v) is 7.45. The van der Waals surface area contributed by atoms with Crippen molar-refractivity contribution in [1.29, 1.82) is 0 Å². The molecule has 5 nitrogen and oxygen atoms in total. The van der Waals surface area contributed by atoms with Gasteiger partial charge in [-0.15, -0.1) is 0 Å². The van der Waals surface area contributed by atoms with E-state index < -0.39 is 10.8 Å². The van der Waals surface area contributed by atoms with Gasteiger partial charge in [0.15, 0.2) is 0 Å². The molecule has 1 saturated heterocycles. The predicted molar refractivity (Wildman–Crippen MR) is 93.2 cm³/mol. The summed E-state index contributed by atoms with van der Waals surface area (Å²) in [6.45, 7) is 3.46. The quantitative estimate of drug-likeness (QED) is 0.866. The lowest BCUT2D eigenvalue weighted by Gasteiger charge is -2.38. The predicted octanol–water partition coefficient (Wildman–Crippen LogP) is 3.24. The summed E-state index contributed by atoms with van der Waals surface area (Å²) in [7, 11) is 0.680. The number of carbonyl (C=O) groups excluding carboxylic acids is 1. The molecule has 1 aromatic rings. The Balaban J connectivity index is 2.10. The molecule has 1 heterocycles. The fourth-order valence-corrected chi connectivity index (χ4v) is 3.91. The normalized spacial score (nSPS) is 22.1. The molecule has 128 valence electrons. The molecule has 1 fully saturated rings. The molecule has 2 amide bonds. The summed E-state index contributed by atoms with van der Waals surface area (Å²) < 4.78 is 16.8. The number of carbonyl (C=O) groups is 1. The highest BCUT2D eigenvalue weighted by Crippen LogP contribution is 2.34. The minimum Gasteiger partial charge on any atom is -0.382 e. The Bertz CT molecular complexity index is 553. The number of nitrogens with zero attached hydrogens (tertiary/aromatic N) is 1. The van der Waals surface area contributed by atoms with Crippen LogP contribution in [0.25, 0.3) is 0 Å². The largest absolute Gasteiger partial charge is 0.382 e. The van der Waals surface area contributed by atoms with E-state index >= 15 is 0 Å². The number of methoxy groups -OCH3 is 1. The molecule has 0 saturated carbocycles. The van der Waals surface area contributed by atoms with E-state index in [4.69, 9.17) is 4.74 Å². The van der Waals surface area contributed by atoms with E-state index in [9.17, 15) is 9.00 Å². The summed E-state index contributed by atoms with van der Waals surface area (Å²) >= 11 is 0. The van der Waals surface area contributed by atoms with Gasteiger partial charge < -0.3 is 15.0 Å². The monoisotopic (exact) mass is 338 g/mol. The van der Waals surface area contributed by atoms with Crippen LogP contribution in [-0.2, 0) is 15.5 Å². The first-order valence-corrected chi connectivity index (χ1v) is 9.59. The van der Waals surface area contributed by atoms with Crippen LogP contribution in [0.3, 0.4) is 0 Å². The second-order valence-electron chi connectivity index (χ2n) is 6.07. The van der Waals surface area contributed by atoms with Crippen LogP contribution in [0.4, 0.5) is 10.5 Å². The Kier molecular flexibility index (Phi) is 6.18. The molecule has 1 aromatic carbocycles. The number of amides is 2. The Hall–Kier alpha value is -1.40. The molecule has 0 unspecified atom stereocenters. The fourth-order valence-electron chi connectivity index (χ4n) is 3.39. The summed E-state index contributed by atoms with van der Waals surface area (Å²) in [6.07, 6.45) is 5.59. The van der Waals surface area contributed by atoms with E-state index in [1.54, 1.807) is 37.6 Å². The summed E-state index contributed by atoms with van der Waals surface area (Å²) in [5.41, 5.74) is 0.525. The average molecular weight is 338 g/mol. The lowest BCUT2D eigenvalue weighted by atomic mass is 9.91. The molecule has 2 atom stereocenters. The van der Waals surface area contributed by atoms with Gasteiger partial charge in [0.1, 0.15) is 0 Å². The van der Waals surface area contributed by atoms with Gasteiger partial charge in [0, 0.05) is 41.3 Å². The smallest absolute Gasteiger partial charge is 0.322 e. The van der Waals surface area contributed by atoms with E-state index in [-0.39, 0.29) is 11.6 Å². The van der Waals surface area contributed by atoms with Crippen molar-refractivity contribution in [3.8, 4) is 0 Å². The van der Waals surface area contributed by atoms with Crippen molar-refractivity contribution in [3.63, 3.8) is 0 Å². The third-order valence-corrected chi connectivity index (χ3v) is 5.34. The van der Waals surface area contributed by atoms with E-state index in [0.717, 1.165) is 42.8 Å². The van der Waals surface area contributed by atoms with Crippen molar-refractivity contribution in [3.05, 3.63) is 24.3 Å². The number of nitrogens with one attached hydrogen (secondary N) is 1. The van der Waals surface area contributed by atoms with Crippen molar-refractivity contribution in [2.45, 2.75) is 43.0 Å². The van der Waals surface area contributed by atoms with E-state index in [0.29, 0.717) is 6.61 Å². The lowest BCUT2D eigenvalue weighted by Crippen LogP contribution is -2.51. The molecule has 6 heteroatoms. The minimum atomic E-state index is -1.01. The maximum Gasteiger partial charge on any atom is 0.322 e. The van der Waals surface area contributed by atoms with Crippen molar-refractivity contribution in [1.82, 2.24) is 4.90 Å². The summed E-state index contributed by atoms with van der Waals surface area (Å²) in [6, 6.07) is 7.07. The molecule has 0 aliphatic carbocycles. The van der Waals surface area contributed by atoms with Gasteiger partial charge >= 0.3 is 6.03 Å². The van der Waals surface area contributed by atoms with Crippen LogP contribution < -0.4 is 5.32 Å². The van der Waals surface area contributed by atoms with Crippen molar-refractivity contribution >= 4 is 22.5 Å². The van der Waals surface area contributed by atoms with Crippen LogP contribution in [0.2, 0.25) is 0 Å². The van der Waals surface area contributed by atoms with E-state index in [1.807, 2.05) is 4.90 Å². The SMILES string of the molecule is CCC[C@]1(COC)CCCN1C(=O)Nc1ccc([S@@](C)=O)cc1. The molecule has 0 radical (unpaired) electrons. The maximum atomic E-state index is 12.7. The highest BCUT2D eigenvalue weighted by Gasteiger charge is 2.42. The van der Waals surface area contributed by atoms with Gasteiger partial charge in [-0.1, -0.05) is 13.3 Å². The number of hydrogen-bond donors (Lipinski definition) is 1. The van der Waals surface area contributed by atoms with Crippen LogP contribution in [0, 0.1) is 0 Å². The third kappa shape index (κ3) is 4.12. The minimum absolute atomic E-state index is 0.0848. The van der Waals surface area contributed by atoms with Gasteiger partial charge in [-0.05, 0) is 43.5 Å². The molecule has 1 N–H and O–H groups in total. The van der Waals surface area contributed by atoms with Gasteiger partial charge in [-0.2, -0.15) is 0 Å². The second kappa shape index (κ2) is 7.93. The first-order valence-electron chi connectivity index (χ1n) is 8.03. The fraction of sp³-hybridized carbons (Fsp3) is 0.588. The molecular formula is C17H26N2O3S. The number of urea groups is 1. The van der Waals surface area contributed by atoms with Crippen molar-refractivity contribution in [2.24, 2.45) is 0 Å². The molecule has 2 rings (SSSR count). The van der Waals surface area contributed by atoms with Crippen molar-refractivity contribution in [2.75, 3.05) is 31.8 Å². The van der Waals surface area contributed by atoms with Gasteiger partial charge in [0.2, 0.25) is 0 Å². The van der Waals surface area contributed by atoms with E-state index in [2.05, 4.69) is 12.2 Å². The van der Waals surface area contributed by atoms with E-state index in [1.165, 1.54) is 0 Å². The third-order valence-electron chi connectivity index (χ3n) is 4.41. The molecule has 23 heavy (non-hydrogen) atoms. The zero-order valence-corrected chi connectivity index (χ0v) is 14.9. The summed E-state index contributed by atoms with van der Waals surface area (Å²) in [5.74, 6) is 0. The summed E-state index contributed by atoms with van der Waals surface area (Å²) in [4.78, 5) is 15.4. The van der Waals surface area contributed by atoms with Gasteiger partial charge in [0.05, 0.1) is 12.1 Å². The van der Waals surface area contributed by atoms with Crippen LogP contribution in [0.15, 0.2) is 29.2 Å². The number of rotatable bonds is 6. The number of hydrogen-bond acceptors (Lipinski definition) is 3. The Morgan fingerprint density at radius 2 is 2.09 bits per heavy atom. The highest BCUT2D eigenvalue weighted by molar-refractivity contribution is 7.84. The number of ether oxygens (including phenoxy) is 1. The molecule has 0 spiro atoms. The lowest BCUT2D eigenvalue weighted by molar-refractivity contribution is 0.0540. The van der Waals surface area contributed by atoms with Crippen LogP contribution in [0.5, 0.6) is 0 Å². The summed E-state index contributed by atoms with van der Waals surface area (Å²) in [5, 5.41) is 2.95. The van der Waals surface area contributed by atoms with Crippen LogP contribution in [-0.4, -0.2) is 47.2 Å². The molecule has 1 aliphatic heterocycles. The zero-order chi connectivity index (χ0) is 16.9. The van der Waals surface area contributed by atoms with Crippen LogP contribution >= 0.6 is 0 Å². The first kappa shape index (κ1) is 17.9. The highest BCUT2D eigenvalue weighted by atomic mass is 32.2. The first-order chi connectivity index (χ1) is 11.0. The Morgan fingerprint density at radius 1 is 1.39 bits per heavy atom. The molecule has 0 bridgehead atoms. The standard InChI is InChI=1S/C17H26N2O3S/c1-4-10-17(13-22-2)11-5-12-19(17)16(20)18-14-6-8-15(9-7-14)23(3)21/h6-9H,4-5,10-13H2,1-3H3,(H,18,20)/t17-,23-/m1/s1.